The average molecular weight is 238 g/mol. The Bertz CT molecular complexity index is 186. The molecule has 6 N–H and O–H groups in total. The Kier molecular flexibility index (Phi) is 6.39. The van der Waals surface area contributed by atoms with Crippen LogP contribution in [0.15, 0.2) is 0 Å². The van der Waals surface area contributed by atoms with Gasteiger partial charge in [0.2, 0.25) is 0 Å². The zero-order valence-electron chi connectivity index (χ0n) is 9.50. The van der Waals surface area contributed by atoms with Crippen LogP contribution in [0.2, 0.25) is 0 Å². The molecule has 0 heterocycles. The zero-order valence-corrected chi connectivity index (χ0v) is 9.50. The summed E-state index contributed by atoms with van der Waals surface area (Å²) in [6, 6.07) is 0. The maximum absolute atomic E-state index is 9.29. The number of hydrogen-bond donors (Lipinski definition) is 6. The molecule has 6 nitrogen and oxygen atoms in total. The van der Waals surface area contributed by atoms with E-state index in [1.165, 1.54) is 0 Å². The second-order valence-electron chi connectivity index (χ2n) is 4.08. The number of aliphatic hydroxyl groups is 6. The molecule has 0 amide bonds. The van der Waals surface area contributed by atoms with E-state index in [1.54, 1.807) is 0 Å². The minimum absolute atomic E-state index is 0.0276. The topological polar surface area (TPSA) is 121 Å². The molecule has 0 radical (unpaired) electrons. The first-order chi connectivity index (χ1) is 7.23. The van der Waals surface area contributed by atoms with Gasteiger partial charge in [-0.1, -0.05) is 39.0 Å². The van der Waals surface area contributed by atoms with E-state index in [1.807, 2.05) is 0 Å². The number of hydrogen-bond acceptors (Lipinski definition) is 6. The Labute approximate surface area is 94.8 Å². The minimum Gasteiger partial charge on any atom is -0.387 e. The maximum Gasteiger partial charge on any atom is 0.335 e. The van der Waals surface area contributed by atoms with Crippen LogP contribution in [-0.4, -0.2) is 48.5 Å². The van der Waals surface area contributed by atoms with E-state index in [4.69, 9.17) is 25.5 Å². The lowest BCUT2D eigenvalue weighted by Gasteiger charge is -2.33. The Morgan fingerprint density at radius 1 is 0.875 bits per heavy atom. The van der Waals surface area contributed by atoms with Crippen molar-refractivity contribution in [2.45, 2.75) is 63.3 Å². The van der Waals surface area contributed by atoms with Gasteiger partial charge in [-0.2, -0.15) is 0 Å². The van der Waals surface area contributed by atoms with Crippen LogP contribution in [0.25, 0.3) is 0 Å². The monoisotopic (exact) mass is 238 g/mol. The van der Waals surface area contributed by atoms with Gasteiger partial charge in [0.1, 0.15) is 6.10 Å². The van der Waals surface area contributed by atoms with Crippen LogP contribution in [0.5, 0.6) is 0 Å². The van der Waals surface area contributed by atoms with E-state index in [9.17, 15) is 5.11 Å². The van der Waals surface area contributed by atoms with Crippen molar-refractivity contribution in [2.24, 2.45) is 0 Å². The Morgan fingerprint density at radius 3 is 1.81 bits per heavy atom. The van der Waals surface area contributed by atoms with Gasteiger partial charge >= 0.3 is 5.97 Å². The molecule has 0 aliphatic rings. The van der Waals surface area contributed by atoms with Gasteiger partial charge in [0, 0.05) is 0 Å². The first-order valence-electron chi connectivity index (χ1n) is 5.53. The molecule has 0 aliphatic carbocycles. The summed E-state index contributed by atoms with van der Waals surface area (Å²) in [5.41, 5.74) is 0. The van der Waals surface area contributed by atoms with Crippen LogP contribution < -0.4 is 0 Å². The molecule has 0 aromatic heterocycles. The molecule has 0 rings (SSSR count). The predicted octanol–water partition coefficient (Wildman–Crippen LogP) is -0.981. The molecule has 0 aliphatic heterocycles. The third-order valence-corrected chi connectivity index (χ3v) is 2.54. The second kappa shape index (κ2) is 6.48. The standard InChI is InChI=1S/C10H22O6/c1-2-3-4-5-6-7-8(11)9(12,13)10(14,15)16/h8,11-16H,2-7H2,1H3. The summed E-state index contributed by atoms with van der Waals surface area (Å²) in [5, 5.41) is 53.3. The molecule has 0 aromatic carbocycles. The molecule has 98 valence electrons. The van der Waals surface area contributed by atoms with Crippen molar-refractivity contribution in [3.05, 3.63) is 0 Å². The van der Waals surface area contributed by atoms with E-state index in [-0.39, 0.29) is 6.42 Å². The lowest BCUT2D eigenvalue weighted by Crippen LogP contribution is -2.61. The molecule has 16 heavy (non-hydrogen) atoms. The summed E-state index contributed by atoms with van der Waals surface area (Å²) in [6.07, 6.45) is 2.57. The van der Waals surface area contributed by atoms with Gasteiger partial charge in [0.15, 0.2) is 0 Å². The Hall–Kier alpha value is -0.240. The van der Waals surface area contributed by atoms with E-state index in [0.29, 0.717) is 6.42 Å². The fourth-order valence-corrected chi connectivity index (χ4v) is 1.37. The fourth-order valence-electron chi connectivity index (χ4n) is 1.37. The molecule has 1 atom stereocenters. The van der Waals surface area contributed by atoms with E-state index >= 15 is 0 Å². The van der Waals surface area contributed by atoms with Crippen molar-refractivity contribution >= 4 is 0 Å². The highest BCUT2D eigenvalue weighted by molar-refractivity contribution is 4.81. The minimum atomic E-state index is -3.73. The van der Waals surface area contributed by atoms with Crippen LogP contribution in [0, 0.1) is 0 Å². The maximum atomic E-state index is 9.29. The molecular weight excluding hydrogens is 216 g/mol. The molecule has 0 saturated heterocycles. The number of rotatable bonds is 8. The predicted molar refractivity (Wildman–Crippen MR) is 55.9 cm³/mol. The number of aliphatic hydroxyl groups excluding tert-OH is 1. The smallest absolute Gasteiger partial charge is 0.335 e. The van der Waals surface area contributed by atoms with E-state index < -0.39 is 17.9 Å². The highest BCUT2D eigenvalue weighted by Gasteiger charge is 2.51. The van der Waals surface area contributed by atoms with Gasteiger partial charge in [-0.3, -0.25) is 0 Å². The van der Waals surface area contributed by atoms with Gasteiger partial charge in [-0.25, -0.2) is 0 Å². The van der Waals surface area contributed by atoms with Gasteiger partial charge in [0.05, 0.1) is 0 Å². The summed E-state index contributed by atoms with van der Waals surface area (Å²) in [4.78, 5) is 0. The summed E-state index contributed by atoms with van der Waals surface area (Å²) in [7, 11) is 0. The van der Waals surface area contributed by atoms with Gasteiger partial charge in [-0.15, -0.1) is 0 Å². The van der Waals surface area contributed by atoms with E-state index in [2.05, 4.69) is 6.92 Å². The highest BCUT2D eigenvalue weighted by Crippen LogP contribution is 2.22. The van der Waals surface area contributed by atoms with Crippen molar-refractivity contribution in [3.8, 4) is 0 Å². The number of unbranched alkanes of at least 4 members (excludes halogenated alkanes) is 4. The van der Waals surface area contributed by atoms with Crippen molar-refractivity contribution in [3.63, 3.8) is 0 Å². The fraction of sp³-hybridized carbons (Fsp3) is 1.00. The Morgan fingerprint density at radius 2 is 1.38 bits per heavy atom. The molecule has 0 saturated carbocycles. The second-order valence-corrected chi connectivity index (χ2v) is 4.08. The van der Waals surface area contributed by atoms with Gasteiger partial charge in [-0.05, 0) is 6.42 Å². The van der Waals surface area contributed by atoms with Gasteiger partial charge in [0.25, 0.3) is 5.79 Å². The lowest BCUT2D eigenvalue weighted by molar-refractivity contribution is -0.464. The highest BCUT2D eigenvalue weighted by atomic mass is 16.7. The molecule has 0 bridgehead atoms. The van der Waals surface area contributed by atoms with Gasteiger partial charge < -0.3 is 30.6 Å². The first kappa shape index (κ1) is 15.8. The lowest BCUT2D eigenvalue weighted by atomic mass is 10.0. The van der Waals surface area contributed by atoms with Crippen molar-refractivity contribution in [1.29, 1.82) is 0 Å². The van der Waals surface area contributed by atoms with Crippen LogP contribution >= 0.6 is 0 Å². The summed E-state index contributed by atoms with van der Waals surface area (Å²) in [5.74, 6) is -7.06. The molecular formula is C10H22O6. The van der Waals surface area contributed by atoms with Crippen molar-refractivity contribution in [2.75, 3.05) is 0 Å². The molecule has 1 unspecified atom stereocenters. The first-order valence-corrected chi connectivity index (χ1v) is 5.53. The van der Waals surface area contributed by atoms with Crippen molar-refractivity contribution in [1.82, 2.24) is 0 Å². The van der Waals surface area contributed by atoms with E-state index in [0.717, 1.165) is 25.7 Å². The van der Waals surface area contributed by atoms with Crippen LogP contribution in [-0.2, 0) is 0 Å². The van der Waals surface area contributed by atoms with Crippen molar-refractivity contribution < 1.29 is 30.6 Å². The summed E-state index contributed by atoms with van der Waals surface area (Å²) < 4.78 is 0. The SMILES string of the molecule is CCCCCCCC(O)C(O)(O)C(O)(O)O. The zero-order chi connectivity index (χ0) is 12.8. The molecule has 0 spiro atoms. The summed E-state index contributed by atoms with van der Waals surface area (Å²) >= 11 is 0. The normalized spacial score (nSPS) is 15.2. The largest absolute Gasteiger partial charge is 0.387 e. The third-order valence-electron chi connectivity index (χ3n) is 2.54. The molecule has 0 aromatic rings. The van der Waals surface area contributed by atoms with Crippen LogP contribution in [0.3, 0.4) is 0 Å². The quantitative estimate of drug-likeness (QED) is 0.239. The third kappa shape index (κ3) is 4.73. The van der Waals surface area contributed by atoms with Crippen LogP contribution in [0.1, 0.15) is 45.4 Å². The molecule has 0 fully saturated rings. The average Bonchev–Trinajstić information content (AvgIpc) is 2.15. The van der Waals surface area contributed by atoms with Crippen LogP contribution in [0.4, 0.5) is 0 Å². The molecule has 6 heteroatoms. The summed E-state index contributed by atoms with van der Waals surface area (Å²) in [6.45, 7) is 2.05. The Balaban J connectivity index is 3.92.